The zero-order valence-electron chi connectivity index (χ0n) is 18.2. The minimum atomic E-state index is -0.631. The molecule has 0 aliphatic rings. The first-order valence-electron chi connectivity index (χ1n) is 10.0. The first-order valence-corrected chi connectivity index (χ1v) is 11.0. The fourth-order valence-electron chi connectivity index (χ4n) is 2.94. The van der Waals surface area contributed by atoms with Crippen molar-refractivity contribution < 1.29 is 18.9 Å². The molecule has 0 bridgehead atoms. The van der Waals surface area contributed by atoms with E-state index in [-0.39, 0.29) is 29.5 Å². The highest BCUT2D eigenvalue weighted by Gasteiger charge is 2.17. The normalized spacial score (nSPS) is 10.5. The van der Waals surface area contributed by atoms with Crippen LogP contribution in [0.5, 0.6) is 0 Å². The van der Waals surface area contributed by atoms with Crippen molar-refractivity contribution in [1.29, 1.82) is 0 Å². The van der Waals surface area contributed by atoms with Gasteiger partial charge in [-0.05, 0) is 24.6 Å². The Hall–Kier alpha value is -4.06. The minimum Gasteiger partial charge on any atom is -0.345 e. The van der Waals surface area contributed by atoms with Gasteiger partial charge in [0.15, 0.2) is 11.0 Å². The molecule has 0 unspecified atom stereocenters. The molecule has 2 aromatic carbocycles. The molecule has 0 fully saturated rings. The van der Waals surface area contributed by atoms with Gasteiger partial charge in [0, 0.05) is 18.7 Å². The first kappa shape index (κ1) is 24.6. The van der Waals surface area contributed by atoms with Crippen LogP contribution >= 0.6 is 11.8 Å². The number of non-ortho nitro benzene ring substituents is 1. The van der Waals surface area contributed by atoms with Gasteiger partial charge in [-0.25, -0.2) is 4.39 Å². The number of carbonyl (C=O) groups excluding carboxylic acids is 2. The summed E-state index contributed by atoms with van der Waals surface area (Å²) in [5.74, 6) is -1.22. The smallest absolute Gasteiger partial charge is 0.271 e. The zero-order valence-corrected chi connectivity index (χ0v) is 19.0. The quantitative estimate of drug-likeness (QED) is 0.195. The van der Waals surface area contributed by atoms with E-state index in [0.717, 1.165) is 11.8 Å². The lowest BCUT2D eigenvalue weighted by Gasteiger charge is -2.10. The molecule has 1 aromatic heterocycles. The molecule has 1 heterocycles. The second-order valence-electron chi connectivity index (χ2n) is 7.05. The van der Waals surface area contributed by atoms with Crippen LogP contribution in [-0.4, -0.2) is 37.3 Å². The van der Waals surface area contributed by atoms with E-state index in [4.69, 9.17) is 0 Å². The number of hydrogen-bond acceptors (Lipinski definition) is 7. The standard InChI is InChI=1S/C22H21FN6O4S/c1-3-10-28-19(12-24-21(31)16-6-4-5-7-17(16)23)26-27-22(28)34-13-20(30)25-18-11-15(29(32)33)9-8-14(18)2/h3-9,11H,1,10,12-13H2,2H3,(H,24,31)(H,25,30). The number of allylic oxidation sites excluding steroid dienone is 1. The Morgan fingerprint density at radius 3 is 2.74 bits per heavy atom. The lowest BCUT2D eigenvalue weighted by atomic mass is 10.2. The van der Waals surface area contributed by atoms with E-state index >= 15 is 0 Å². The number of hydrogen-bond donors (Lipinski definition) is 2. The van der Waals surface area contributed by atoms with E-state index in [9.17, 15) is 24.1 Å². The molecular formula is C22H21FN6O4S. The van der Waals surface area contributed by atoms with Crippen LogP contribution in [0.25, 0.3) is 0 Å². The van der Waals surface area contributed by atoms with E-state index in [1.807, 2.05) is 0 Å². The molecule has 0 saturated carbocycles. The van der Waals surface area contributed by atoms with Crippen molar-refractivity contribution in [1.82, 2.24) is 20.1 Å². The molecule has 0 spiro atoms. The zero-order chi connectivity index (χ0) is 24.7. The number of nitrogens with one attached hydrogen (secondary N) is 2. The van der Waals surface area contributed by atoms with Crippen molar-refractivity contribution in [3.8, 4) is 0 Å². The van der Waals surface area contributed by atoms with Crippen molar-refractivity contribution in [2.45, 2.75) is 25.2 Å². The average Bonchev–Trinajstić information content (AvgIpc) is 3.19. The summed E-state index contributed by atoms with van der Waals surface area (Å²) in [4.78, 5) is 35.1. The molecule has 2 N–H and O–H groups in total. The van der Waals surface area contributed by atoms with E-state index in [1.165, 1.54) is 30.3 Å². The van der Waals surface area contributed by atoms with Crippen molar-refractivity contribution >= 4 is 35.0 Å². The number of benzene rings is 2. The maximum Gasteiger partial charge on any atom is 0.271 e. The third-order valence-corrected chi connectivity index (χ3v) is 5.64. The molecular weight excluding hydrogens is 463 g/mol. The molecule has 3 aromatic rings. The number of nitro groups is 1. The van der Waals surface area contributed by atoms with Gasteiger partial charge in [0.1, 0.15) is 5.82 Å². The summed E-state index contributed by atoms with van der Waals surface area (Å²) in [6.45, 7) is 5.75. The molecule has 2 amide bonds. The Balaban J connectivity index is 1.64. The number of nitro benzene ring substituents is 1. The summed E-state index contributed by atoms with van der Waals surface area (Å²) in [6, 6.07) is 9.86. The summed E-state index contributed by atoms with van der Waals surface area (Å²) in [5.41, 5.74) is 0.830. The number of rotatable bonds is 10. The van der Waals surface area contributed by atoms with Crippen LogP contribution < -0.4 is 10.6 Å². The highest BCUT2D eigenvalue weighted by molar-refractivity contribution is 7.99. The number of aryl methyl sites for hydroxylation is 1. The number of aromatic nitrogens is 3. The van der Waals surface area contributed by atoms with Gasteiger partial charge in [0.05, 0.1) is 28.5 Å². The Labute approximate surface area is 198 Å². The van der Waals surface area contributed by atoms with E-state index < -0.39 is 16.6 Å². The van der Waals surface area contributed by atoms with Gasteiger partial charge in [0.2, 0.25) is 5.91 Å². The molecule has 0 saturated heterocycles. The summed E-state index contributed by atoms with van der Waals surface area (Å²) in [5, 5.41) is 24.8. The minimum absolute atomic E-state index is 0.00631. The second-order valence-corrected chi connectivity index (χ2v) is 8.00. The topological polar surface area (TPSA) is 132 Å². The van der Waals surface area contributed by atoms with E-state index in [1.54, 1.807) is 29.7 Å². The highest BCUT2D eigenvalue weighted by atomic mass is 32.2. The molecule has 12 heteroatoms. The van der Waals surface area contributed by atoms with Gasteiger partial charge < -0.3 is 15.2 Å². The predicted octanol–water partition coefficient (Wildman–Crippen LogP) is 3.48. The number of amides is 2. The summed E-state index contributed by atoms with van der Waals surface area (Å²) in [6.07, 6.45) is 1.61. The molecule has 0 radical (unpaired) electrons. The number of thioether (sulfide) groups is 1. The fourth-order valence-corrected chi connectivity index (χ4v) is 3.71. The van der Waals surface area contributed by atoms with Gasteiger partial charge in [-0.3, -0.25) is 19.7 Å². The molecule has 176 valence electrons. The van der Waals surface area contributed by atoms with Crippen LogP contribution in [0.1, 0.15) is 21.7 Å². The van der Waals surface area contributed by atoms with Crippen molar-refractivity contribution in [2.75, 3.05) is 11.1 Å². The number of carbonyl (C=O) groups is 2. The maximum absolute atomic E-state index is 13.8. The molecule has 10 nitrogen and oxygen atoms in total. The van der Waals surface area contributed by atoms with Gasteiger partial charge in [-0.15, -0.1) is 16.8 Å². The van der Waals surface area contributed by atoms with Crippen molar-refractivity contribution in [2.24, 2.45) is 0 Å². The fraction of sp³-hybridized carbons (Fsp3) is 0.182. The lowest BCUT2D eigenvalue weighted by Crippen LogP contribution is -2.25. The van der Waals surface area contributed by atoms with Crippen LogP contribution in [0.4, 0.5) is 15.8 Å². The SMILES string of the molecule is C=CCn1c(CNC(=O)c2ccccc2F)nnc1SCC(=O)Nc1cc([N+](=O)[O-])ccc1C. The molecule has 34 heavy (non-hydrogen) atoms. The maximum atomic E-state index is 13.8. The number of halogens is 1. The van der Waals surface area contributed by atoms with E-state index in [0.29, 0.717) is 28.8 Å². The second kappa shape index (κ2) is 11.2. The van der Waals surface area contributed by atoms with Gasteiger partial charge >= 0.3 is 0 Å². The highest BCUT2D eigenvalue weighted by Crippen LogP contribution is 2.23. The van der Waals surface area contributed by atoms with Crippen LogP contribution in [0.15, 0.2) is 60.3 Å². The Kier molecular flexibility index (Phi) is 8.09. The largest absolute Gasteiger partial charge is 0.345 e. The Bertz CT molecular complexity index is 1250. The van der Waals surface area contributed by atoms with Gasteiger partial charge in [-0.1, -0.05) is 36.0 Å². The summed E-state index contributed by atoms with van der Waals surface area (Å²) >= 11 is 1.11. The predicted molar refractivity (Wildman–Crippen MR) is 125 cm³/mol. The van der Waals surface area contributed by atoms with Crippen LogP contribution in [-0.2, 0) is 17.9 Å². The monoisotopic (exact) mass is 484 g/mol. The van der Waals surface area contributed by atoms with Crippen molar-refractivity contribution in [3.63, 3.8) is 0 Å². The average molecular weight is 485 g/mol. The Morgan fingerprint density at radius 1 is 1.26 bits per heavy atom. The molecule has 0 atom stereocenters. The summed E-state index contributed by atoms with van der Waals surface area (Å²) in [7, 11) is 0. The van der Waals surface area contributed by atoms with Crippen LogP contribution in [0.2, 0.25) is 0 Å². The molecule has 0 aliphatic carbocycles. The van der Waals surface area contributed by atoms with E-state index in [2.05, 4.69) is 27.4 Å². The Morgan fingerprint density at radius 2 is 2.03 bits per heavy atom. The van der Waals surface area contributed by atoms with Crippen LogP contribution in [0.3, 0.4) is 0 Å². The van der Waals surface area contributed by atoms with Crippen molar-refractivity contribution in [3.05, 3.63) is 88.0 Å². The lowest BCUT2D eigenvalue weighted by molar-refractivity contribution is -0.384. The third-order valence-electron chi connectivity index (χ3n) is 4.67. The van der Waals surface area contributed by atoms with Gasteiger partial charge in [-0.2, -0.15) is 0 Å². The number of anilines is 1. The van der Waals surface area contributed by atoms with Gasteiger partial charge in [0.25, 0.3) is 11.6 Å². The summed E-state index contributed by atoms with van der Waals surface area (Å²) < 4.78 is 15.5. The third kappa shape index (κ3) is 6.04. The molecule has 0 aliphatic heterocycles. The van der Waals surface area contributed by atoms with Crippen LogP contribution in [0, 0.1) is 22.9 Å². The first-order chi connectivity index (χ1) is 16.3. The molecule has 3 rings (SSSR count). The number of nitrogens with zero attached hydrogens (tertiary/aromatic N) is 4.